The Kier molecular flexibility index (Phi) is 5.88. The summed E-state index contributed by atoms with van der Waals surface area (Å²) in [5.41, 5.74) is 4.38. The van der Waals surface area contributed by atoms with E-state index in [1.54, 1.807) is 22.9 Å². The summed E-state index contributed by atoms with van der Waals surface area (Å²) in [6, 6.07) is 12.2. The van der Waals surface area contributed by atoms with Crippen LogP contribution in [0.4, 0.5) is 16.3 Å². The molecule has 2 amide bonds. The van der Waals surface area contributed by atoms with Crippen LogP contribution < -0.4 is 10.6 Å². The normalized spacial score (nSPS) is 14.5. The van der Waals surface area contributed by atoms with E-state index in [4.69, 9.17) is 28.3 Å². The summed E-state index contributed by atoms with van der Waals surface area (Å²) in [7, 11) is 0. The number of urea groups is 1. The quantitative estimate of drug-likeness (QED) is 0.311. The van der Waals surface area contributed by atoms with Gasteiger partial charge in [0.25, 0.3) is 0 Å². The SMILES string of the molecule is CC(C)(C)c1cc(NC(=O)Nc2cccc(Cl)c2Cl)n(-c2ccc3c(c2)C(=NO)CC3)n1. The van der Waals surface area contributed by atoms with Crippen LogP contribution in [-0.4, -0.2) is 26.7 Å². The summed E-state index contributed by atoms with van der Waals surface area (Å²) in [4.78, 5) is 12.8. The number of fused-ring (bicyclic) bond motifs is 1. The van der Waals surface area contributed by atoms with Crippen molar-refractivity contribution in [2.45, 2.75) is 39.0 Å². The molecule has 1 aliphatic rings. The monoisotopic (exact) mass is 471 g/mol. The first-order valence-corrected chi connectivity index (χ1v) is 10.9. The molecule has 32 heavy (non-hydrogen) atoms. The van der Waals surface area contributed by atoms with E-state index in [1.165, 1.54) is 0 Å². The molecule has 0 bridgehead atoms. The first-order chi connectivity index (χ1) is 15.2. The molecule has 1 aromatic heterocycles. The molecule has 0 saturated carbocycles. The molecule has 166 valence electrons. The van der Waals surface area contributed by atoms with E-state index < -0.39 is 6.03 Å². The molecule has 0 radical (unpaired) electrons. The van der Waals surface area contributed by atoms with Crippen LogP contribution >= 0.6 is 23.2 Å². The molecule has 0 aliphatic heterocycles. The number of nitrogens with zero attached hydrogens (tertiary/aromatic N) is 3. The second kappa shape index (κ2) is 8.48. The highest BCUT2D eigenvalue weighted by Gasteiger charge is 2.24. The zero-order valence-electron chi connectivity index (χ0n) is 17.9. The van der Waals surface area contributed by atoms with Crippen molar-refractivity contribution in [1.82, 2.24) is 9.78 Å². The molecule has 3 aromatic rings. The van der Waals surface area contributed by atoms with Crippen LogP contribution in [0.25, 0.3) is 5.69 Å². The third-order valence-electron chi connectivity index (χ3n) is 5.32. The van der Waals surface area contributed by atoms with Crippen molar-refractivity contribution in [3.8, 4) is 5.69 Å². The summed E-state index contributed by atoms with van der Waals surface area (Å²) >= 11 is 12.2. The molecule has 0 fully saturated rings. The predicted molar refractivity (Wildman–Crippen MR) is 128 cm³/mol. The van der Waals surface area contributed by atoms with Gasteiger partial charge in [-0.15, -0.1) is 0 Å². The van der Waals surface area contributed by atoms with E-state index in [9.17, 15) is 10.0 Å². The molecule has 3 N–H and O–H groups in total. The predicted octanol–water partition coefficient (Wildman–Crippen LogP) is 6.25. The summed E-state index contributed by atoms with van der Waals surface area (Å²) in [5.74, 6) is 0.492. The minimum atomic E-state index is -0.477. The van der Waals surface area contributed by atoms with Crippen LogP contribution in [0.5, 0.6) is 0 Å². The largest absolute Gasteiger partial charge is 0.411 e. The Morgan fingerprint density at radius 3 is 2.62 bits per heavy atom. The minimum absolute atomic E-state index is 0.233. The first kappa shape index (κ1) is 22.2. The fourth-order valence-corrected chi connectivity index (χ4v) is 3.93. The maximum atomic E-state index is 12.8. The molecule has 0 spiro atoms. The standard InChI is InChI=1S/C23H23Cl2N5O2/c1-23(2,3)19-12-20(27-22(31)26-18-6-4-5-16(24)21(18)25)30(28-19)14-9-7-13-8-10-17(29-32)15(13)11-14/h4-7,9,11-12,32H,8,10H2,1-3H3,(H2,26,27,31). The van der Waals surface area contributed by atoms with E-state index >= 15 is 0 Å². The first-order valence-electron chi connectivity index (χ1n) is 10.1. The fourth-order valence-electron chi connectivity index (χ4n) is 3.58. The Morgan fingerprint density at radius 1 is 1.12 bits per heavy atom. The Balaban J connectivity index is 1.69. The highest BCUT2D eigenvalue weighted by atomic mass is 35.5. The zero-order valence-corrected chi connectivity index (χ0v) is 19.4. The number of benzene rings is 2. The van der Waals surface area contributed by atoms with Gasteiger partial charge in [0.2, 0.25) is 0 Å². The number of rotatable bonds is 3. The molecular formula is C23H23Cl2N5O2. The number of nitrogens with one attached hydrogen (secondary N) is 2. The number of amides is 2. The highest BCUT2D eigenvalue weighted by Crippen LogP contribution is 2.31. The number of aryl methyl sites for hydroxylation is 1. The van der Waals surface area contributed by atoms with Crippen LogP contribution in [0.15, 0.2) is 47.6 Å². The van der Waals surface area contributed by atoms with E-state index in [0.29, 0.717) is 28.7 Å². The summed E-state index contributed by atoms with van der Waals surface area (Å²) < 4.78 is 1.67. The number of aromatic nitrogens is 2. The number of anilines is 2. The van der Waals surface area contributed by atoms with Gasteiger partial charge in [-0.3, -0.25) is 5.32 Å². The van der Waals surface area contributed by atoms with Crippen molar-refractivity contribution >= 4 is 46.4 Å². The topological polar surface area (TPSA) is 91.5 Å². The fraction of sp³-hybridized carbons (Fsp3) is 0.261. The van der Waals surface area contributed by atoms with Gasteiger partial charge >= 0.3 is 6.03 Å². The third-order valence-corrected chi connectivity index (χ3v) is 6.14. The van der Waals surface area contributed by atoms with Crippen molar-refractivity contribution in [1.29, 1.82) is 0 Å². The number of hydrogen-bond acceptors (Lipinski definition) is 4. The van der Waals surface area contributed by atoms with Crippen LogP contribution in [0, 0.1) is 0 Å². The molecule has 1 aliphatic carbocycles. The molecule has 2 aromatic carbocycles. The lowest BCUT2D eigenvalue weighted by Gasteiger charge is -2.14. The van der Waals surface area contributed by atoms with Crippen molar-refractivity contribution in [2.24, 2.45) is 5.16 Å². The van der Waals surface area contributed by atoms with Gasteiger partial charge in [0.15, 0.2) is 0 Å². The number of halogens is 2. The third kappa shape index (κ3) is 4.31. The molecule has 7 nitrogen and oxygen atoms in total. The average molecular weight is 472 g/mol. The average Bonchev–Trinajstić information content (AvgIpc) is 3.34. The number of hydrogen-bond donors (Lipinski definition) is 3. The summed E-state index contributed by atoms with van der Waals surface area (Å²) in [6.45, 7) is 6.15. The minimum Gasteiger partial charge on any atom is -0.411 e. The van der Waals surface area contributed by atoms with Crippen LogP contribution in [0.2, 0.25) is 10.0 Å². The van der Waals surface area contributed by atoms with Gasteiger partial charge in [0, 0.05) is 17.0 Å². The Labute approximate surface area is 196 Å². The highest BCUT2D eigenvalue weighted by molar-refractivity contribution is 6.44. The van der Waals surface area contributed by atoms with Gasteiger partial charge in [-0.05, 0) is 42.7 Å². The molecule has 0 saturated heterocycles. The second-order valence-corrected chi connectivity index (χ2v) is 9.43. The van der Waals surface area contributed by atoms with Crippen molar-refractivity contribution in [3.63, 3.8) is 0 Å². The molecule has 4 rings (SSSR count). The van der Waals surface area contributed by atoms with E-state index in [0.717, 1.165) is 28.9 Å². The molecule has 9 heteroatoms. The number of carbonyl (C=O) groups is 1. The van der Waals surface area contributed by atoms with E-state index in [-0.39, 0.29) is 10.4 Å². The van der Waals surface area contributed by atoms with Crippen LogP contribution in [-0.2, 0) is 11.8 Å². The van der Waals surface area contributed by atoms with Gasteiger partial charge in [0.1, 0.15) is 5.82 Å². The number of oxime groups is 1. The molecule has 1 heterocycles. The van der Waals surface area contributed by atoms with Gasteiger partial charge in [-0.25, -0.2) is 9.48 Å². The van der Waals surface area contributed by atoms with Gasteiger partial charge in [-0.1, -0.05) is 61.3 Å². The lowest BCUT2D eigenvalue weighted by Crippen LogP contribution is -2.21. The maximum Gasteiger partial charge on any atom is 0.324 e. The molecule has 0 unspecified atom stereocenters. The lowest BCUT2D eigenvalue weighted by atomic mass is 9.92. The van der Waals surface area contributed by atoms with Crippen molar-refractivity contribution in [3.05, 3.63) is 69.3 Å². The van der Waals surface area contributed by atoms with Crippen LogP contribution in [0.1, 0.15) is 44.0 Å². The Hall–Kier alpha value is -3.03. The number of carbonyl (C=O) groups excluding carboxylic acids is 1. The van der Waals surface area contributed by atoms with Gasteiger partial charge in [-0.2, -0.15) is 5.10 Å². The van der Waals surface area contributed by atoms with Crippen molar-refractivity contribution in [2.75, 3.05) is 10.6 Å². The summed E-state index contributed by atoms with van der Waals surface area (Å²) in [6.07, 6.45) is 1.52. The van der Waals surface area contributed by atoms with Gasteiger partial charge in [0.05, 0.1) is 32.8 Å². The molecule has 0 atom stereocenters. The zero-order chi connectivity index (χ0) is 23.0. The van der Waals surface area contributed by atoms with E-state index in [1.807, 2.05) is 24.3 Å². The molecular weight excluding hydrogens is 449 g/mol. The lowest BCUT2D eigenvalue weighted by molar-refractivity contribution is 0.262. The Morgan fingerprint density at radius 2 is 1.91 bits per heavy atom. The summed E-state index contributed by atoms with van der Waals surface area (Å²) in [5, 5.41) is 23.7. The van der Waals surface area contributed by atoms with Gasteiger partial charge < -0.3 is 10.5 Å². The Bertz CT molecular complexity index is 1230. The van der Waals surface area contributed by atoms with Crippen LogP contribution in [0.3, 0.4) is 0 Å². The van der Waals surface area contributed by atoms with E-state index in [2.05, 4.69) is 36.6 Å². The second-order valence-electron chi connectivity index (χ2n) is 8.65. The van der Waals surface area contributed by atoms with Crippen molar-refractivity contribution < 1.29 is 10.0 Å². The smallest absolute Gasteiger partial charge is 0.324 e. The maximum absolute atomic E-state index is 12.8.